The molecule has 1 N–H and O–H groups in total. The highest BCUT2D eigenvalue weighted by atomic mass is 16.5. The molecule has 4 nitrogen and oxygen atoms in total. The number of ether oxygens (including phenoxy) is 1. The number of ketones is 1. The third kappa shape index (κ3) is 2.42. The fraction of sp³-hybridized carbons (Fsp3) is 0.0769. The quantitative estimate of drug-likeness (QED) is 0.363. The van der Waals surface area contributed by atoms with E-state index in [0.29, 0.717) is 0 Å². The van der Waals surface area contributed by atoms with Crippen molar-refractivity contribution in [3.05, 3.63) is 53.3 Å². The zero-order chi connectivity index (χ0) is 12.3. The van der Waals surface area contributed by atoms with Gasteiger partial charge in [0.2, 0.25) is 5.78 Å². The second kappa shape index (κ2) is 4.65. The molecule has 0 spiro atoms. The molecule has 1 aliphatic rings. The minimum Gasteiger partial charge on any atom is -0.507 e. The van der Waals surface area contributed by atoms with Crippen molar-refractivity contribution in [2.45, 2.75) is 0 Å². The highest BCUT2D eigenvalue weighted by Crippen LogP contribution is 2.15. The predicted molar refractivity (Wildman–Crippen MR) is 61.1 cm³/mol. The third-order valence-corrected chi connectivity index (χ3v) is 2.31. The second-order valence-electron chi connectivity index (χ2n) is 3.50. The van der Waals surface area contributed by atoms with Crippen molar-refractivity contribution >= 4 is 17.8 Å². The molecule has 0 aromatic heterocycles. The number of hydrogen-bond acceptors (Lipinski definition) is 4. The van der Waals surface area contributed by atoms with E-state index in [1.54, 1.807) is 6.08 Å². The van der Waals surface area contributed by atoms with Crippen LogP contribution in [-0.4, -0.2) is 23.5 Å². The third-order valence-electron chi connectivity index (χ3n) is 2.31. The molecule has 2 rings (SSSR count). The number of esters is 1. The molecule has 0 unspecified atom stereocenters. The lowest BCUT2D eigenvalue weighted by molar-refractivity contribution is -0.135. The van der Waals surface area contributed by atoms with Crippen LogP contribution < -0.4 is 0 Å². The number of aliphatic hydroxyl groups is 1. The standard InChI is InChI=1S/C13H10O4/c14-10(12-11(15)8-17-13(12)16)7-6-9-4-2-1-3-5-9/h1-7,14H,8H2/b7-6+,12-10+. The molecule has 0 saturated carbocycles. The van der Waals surface area contributed by atoms with E-state index in [0.717, 1.165) is 5.56 Å². The number of allylic oxidation sites excluding steroid dienone is 1. The molecular weight excluding hydrogens is 220 g/mol. The largest absolute Gasteiger partial charge is 0.507 e. The van der Waals surface area contributed by atoms with Crippen LogP contribution in [0.25, 0.3) is 6.08 Å². The molecule has 0 amide bonds. The van der Waals surface area contributed by atoms with Gasteiger partial charge >= 0.3 is 5.97 Å². The van der Waals surface area contributed by atoms with Crippen molar-refractivity contribution in [1.82, 2.24) is 0 Å². The number of Topliss-reactive ketones (excluding diaryl/α,β-unsaturated/α-hetero) is 1. The average molecular weight is 230 g/mol. The zero-order valence-electron chi connectivity index (χ0n) is 8.92. The van der Waals surface area contributed by atoms with Crippen molar-refractivity contribution in [2.75, 3.05) is 6.61 Å². The molecular formula is C13H10O4. The fourth-order valence-corrected chi connectivity index (χ4v) is 1.46. The Hall–Kier alpha value is -2.36. The molecule has 0 bridgehead atoms. The minimum absolute atomic E-state index is 0.280. The highest BCUT2D eigenvalue weighted by Gasteiger charge is 2.31. The summed E-state index contributed by atoms with van der Waals surface area (Å²) >= 11 is 0. The van der Waals surface area contributed by atoms with E-state index in [9.17, 15) is 14.7 Å². The maximum atomic E-state index is 11.2. The monoisotopic (exact) mass is 230 g/mol. The van der Waals surface area contributed by atoms with Crippen LogP contribution in [0, 0.1) is 0 Å². The number of hydrogen-bond donors (Lipinski definition) is 1. The first-order chi connectivity index (χ1) is 8.18. The summed E-state index contributed by atoms with van der Waals surface area (Å²) in [6, 6.07) is 9.23. The Morgan fingerprint density at radius 1 is 1.24 bits per heavy atom. The Morgan fingerprint density at radius 3 is 2.53 bits per heavy atom. The summed E-state index contributed by atoms with van der Waals surface area (Å²) in [6.07, 6.45) is 2.93. The Kier molecular flexibility index (Phi) is 3.05. The van der Waals surface area contributed by atoms with Crippen molar-refractivity contribution in [3.8, 4) is 0 Å². The second-order valence-corrected chi connectivity index (χ2v) is 3.50. The van der Waals surface area contributed by atoms with Gasteiger partial charge in [-0.15, -0.1) is 0 Å². The van der Waals surface area contributed by atoms with Gasteiger partial charge in [0.1, 0.15) is 11.3 Å². The van der Waals surface area contributed by atoms with Gasteiger partial charge in [-0.2, -0.15) is 0 Å². The first-order valence-electron chi connectivity index (χ1n) is 5.05. The first kappa shape index (κ1) is 11.1. The van der Waals surface area contributed by atoms with Crippen LogP contribution in [0.15, 0.2) is 47.7 Å². The molecule has 1 aliphatic heterocycles. The lowest BCUT2D eigenvalue weighted by atomic mass is 10.1. The van der Waals surface area contributed by atoms with Gasteiger partial charge in [-0.05, 0) is 11.6 Å². The molecule has 1 fully saturated rings. The highest BCUT2D eigenvalue weighted by molar-refractivity contribution is 6.22. The number of rotatable bonds is 2. The molecule has 0 aliphatic carbocycles. The smallest absolute Gasteiger partial charge is 0.346 e. The van der Waals surface area contributed by atoms with E-state index < -0.39 is 11.8 Å². The molecule has 17 heavy (non-hydrogen) atoms. The summed E-state index contributed by atoms with van der Waals surface area (Å²) in [5, 5.41) is 9.62. The van der Waals surface area contributed by atoms with Crippen molar-refractivity contribution in [1.29, 1.82) is 0 Å². The number of carbonyl (C=O) groups excluding carboxylic acids is 2. The summed E-state index contributed by atoms with van der Waals surface area (Å²) in [5.74, 6) is -1.63. The first-order valence-corrected chi connectivity index (χ1v) is 5.05. The van der Waals surface area contributed by atoms with Crippen LogP contribution in [0.2, 0.25) is 0 Å². The van der Waals surface area contributed by atoms with Crippen LogP contribution in [0.5, 0.6) is 0 Å². The van der Waals surface area contributed by atoms with E-state index in [-0.39, 0.29) is 17.9 Å². The van der Waals surface area contributed by atoms with Gasteiger partial charge in [0.25, 0.3) is 0 Å². The molecule has 1 saturated heterocycles. The number of carbonyl (C=O) groups is 2. The molecule has 4 heteroatoms. The topological polar surface area (TPSA) is 63.6 Å². The lowest BCUT2D eigenvalue weighted by Gasteiger charge is -1.95. The van der Waals surface area contributed by atoms with Gasteiger partial charge in [0, 0.05) is 0 Å². The van der Waals surface area contributed by atoms with E-state index in [1.807, 2.05) is 30.3 Å². The van der Waals surface area contributed by atoms with Crippen LogP contribution in [0.1, 0.15) is 5.56 Å². The van der Waals surface area contributed by atoms with Gasteiger partial charge in [-0.3, -0.25) is 4.79 Å². The Balaban J connectivity index is 2.24. The fourth-order valence-electron chi connectivity index (χ4n) is 1.46. The molecule has 0 atom stereocenters. The molecule has 0 radical (unpaired) electrons. The summed E-state index contributed by atoms with van der Waals surface area (Å²) in [5.41, 5.74) is 0.579. The van der Waals surface area contributed by atoms with Crippen LogP contribution in [-0.2, 0) is 14.3 Å². The number of benzene rings is 1. The maximum Gasteiger partial charge on any atom is 0.346 e. The van der Waals surface area contributed by atoms with Gasteiger partial charge in [-0.25, -0.2) is 4.79 Å². The number of cyclic esters (lactones) is 1. The van der Waals surface area contributed by atoms with Gasteiger partial charge in [-0.1, -0.05) is 36.4 Å². The molecule has 86 valence electrons. The Labute approximate surface area is 97.8 Å². The maximum absolute atomic E-state index is 11.2. The van der Waals surface area contributed by atoms with Crippen molar-refractivity contribution in [2.24, 2.45) is 0 Å². The summed E-state index contributed by atoms with van der Waals surface area (Å²) in [6.45, 7) is -0.294. The Morgan fingerprint density at radius 2 is 1.94 bits per heavy atom. The van der Waals surface area contributed by atoms with E-state index >= 15 is 0 Å². The molecule has 1 aromatic rings. The van der Waals surface area contributed by atoms with Crippen LogP contribution in [0.4, 0.5) is 0 Å². The van der Waals surface area contributed by atoms with E-state index in [1.165, 1.54) is 6.08 Å². The van der Waals surface area contributed by atoms with Gasteiger partial charge < -0.3 is 9.84 Å². The zero-order valence-corrected chi connectivity index (χ0v) is 8.92. The molecule has 1 aromatic carbocycles. The van der Waals surface area contributed by atoms with Gasteiger partial charge in [0.15, 0.2) is 6.61 Å². The SMILES string of the molecule is O=C1COC(=O)/C1=C(O)\C=C\c1ccccc1. The number of aliphatic hydroxyl groups excluding tert-OH is 1. The Bertz CT molecular complexity index is 493. The van der Waals surface area contributed by atoms with Crippen LogP contribution in [0.3, 0.4) is 0 Å². The normalized spacial score (nSPS) is 18.6. The molecule has 1 heterocycles. The van der Waals surface area contributed by atoms with Crippen LogP contribution >= 0.6 is 0 Å². The minimum atomic E-state index is -0.773. The van der Waals surface area contributed by atoms with E-state index in [2.05, 4.69) is 4.74 Å². The van der Waals surface area contributed by atoms with E-state index in [4.69, 9.17) is 0 Å². The summed E-state index contributed by atoms with van der Waals surface area (Å²) in [7, 11) is 0. The lowest BCUT2D eigenvalue weighted by Crippen LogP contribution is -2.04. The average Bonchev–Trinajstić information content (AvgIpc) is 2.67. The predicted octanol–water partition coefficient (Wildman–Crippen LogP) is 1.64. The van der Waals surface area contributed by atoms with Gasteiger partial charge in [0.05, 0.1) is 0 Å². The summed E-state index contributed by atoms with van der Waals surface area (Å²) in [4.78, 5) is 22.4. The van der Waals surface area contributed by atoms with Crippen molar-refractivity contribution in [3.63, 3.8) is 0 Å². The van der Waals surface area contributed by atoms with Crippen molar-refractivity contribution < 1.29 is 19.4 Å². The summed E-state index contributed by atoms with van der Waals surface area (Å²) < 4.78 is 4.51.